The lowest BCUT2D eigenvalue weighted by molar-refractivity contribution is -0.384. The van der Waals surface area contributed by atoms with Gasteiger partial charge in [-0.05, 0) is 23.7 Å². The minimum atomic E-state index is -1.58. The number of esters is 1. The lowest BCUT2D eigenvalue weighted by Gasteiger charge is -2.39. The van der Waals surface area contributed by atoms with E-state index >= 15 is 0 Å². The van der Waals surface area contributed by atoms with Crippen LogP contribution >= 0.6 is 0 Å². The second-order valence-corrected chi connectivity index (χ2v) is 7.43. The summed E-state index contributed by atoms with van der Waals surface area (Å²) >= 11 is 0. The van der Waals surface area contributed by atoms with Gasteiger partial charge in [-0.15, -0.1) is 0 Å². The van der Waals surface area contributed by atoms with Gasteiger partial charge in [0.1, 0.15) is 12.4 Å². The summed E-state index contributed by atoms with van der Waals surface area (Å²) in [5.41, 5.74) is 8.75. The molecule has 3 rings (SSSR count). The Balaban J connectivity index is 1.94. The van der Waals surface area contributed by atoms with Crippen molar-refractivity contribution in [3.05, 3.63) is 56.7 Å². The number of carbonyl (C=O) groups excluding carboxylic acids is 4. The summed E-state index contributed by atoms with van der Waals surface area (Å²) in [6, 6.07) is 2.00. The molecule has 0 saturated carbocycles. The molecule has 1 aromatic rings. The van der Waals surface area contributed by atoms with Crippen LogP contribution in [0.25, 0.3) is 10.4 Å². The molecule has 1 saturated heterocycles. The highest BCUT2D eigenvalue weighted by Crippen LogP contribution is 2.30. The third-order valence-electron chi connectivity index (χ3n) is 5.03. The van der Waals surface area contributed by atoms with E-state index in [0.717, 1.165) is 44.4 Å². The van der Waals surface area contributed by atoms with E-state index in [0.29, 0.717) is 0 Å². The zero-order valence-corrected chi connectivity index (χ0v) is 19.2. The molecule has 0 aliphatic carbocycles. The average molecular weight is 521 g/mol. The summed E-state index contributed by atoms with van der Waals surface area (Å²) in [4.78, 5) is 61.2. The third kappa shape index (κ3) is 6.55. The number of azide groups is 1. The van der Waals surface area contributed by atoms with Crippen LogP contribution in [0.4, 0.5) is 15.3 Å². The van der Waals surface area contributed by atoms with Crippen molar-refractivity contribution in [2.45, 2.75) is 37.3 Å². The molecule has 1 N–H and O–H groups in total. The number of nitrogens with one attached hydrogen (secondary N) is 1. The molecular weight excluding hydrogens is 502 g/mol. The normalized spacial score (nSPS) is 23.0. The fraction of sp³-hybridized carbons (Fsp3) is 0.400. The minimum absolute atomic E-state index is 0.126. The molecular formula is C20H19N5O12. The number of hydrogen-bond acceptors (Lipinski definition) is 13. The Hall–Kier alpha value is -5.05. The van der Waals surface area contributed by atoms with Gasteiger partial charge in [0.05, 0.1) is 24.1 Å². The molecule has 17 heteroatoms. The Morgan fingerprint density at radius 2 is 1.97 bits per heavy atom. The molecule has 0 spiro atoms. The summed E-state index contributed by atoms with van der Waals surface area (Å²) in [5.74, 6) is -2.14. The van der Waals surface area contributed by atoms with Crippen molar-refractivity contribution in [1.29, 1.82) is 0 Å². The molecule has 2 aliphatic heterocycles. The van der Waals surface area contributed by atoms with Crippen LogP contribution in [-0.2, 0) is 33.3 Å². The van der Waals surface area contributed by atoms with Crippen LogP contribution in [0.15, 0.2) is 41.2 Å². The molecule has 1 fully saturated rings. The maximum Gasteiger partial charge on any atom is 0.514 e. The third-order valence-corrected chi connectivity index (χ3v) is 5.03. The number of amides is 1. The van der Waals surface area contributed by atoms with Crippen LogP contribution in [0.3, 0.4) is 0 Å². The number of hydrogen-bond donors (Lipinski definition) is 1. The molecule has 37 heavy (non-hydrogen) atoms. The maximum absolute atomic E-state index is 12.6. The minimum Gasteiger partial charge on any atom is -0.477 e. The number of benzene rings is 1. The lowest BCUT2D eigenvalue weighted by Crippen LogP contribution is -2.60. The Labute approximate surface area is 207 Å². The monoisotopic (exact) mass is 521 g/mol. The predicted molar refractivity (Wildman–Crippen MR) is 116 cm³/mol. The van der Waals surface area contributed by atoms with Crippen molar-refractivity contribution in [3.8, 4) is 5.75 Å². The standard InChI is InChI=1S/C20H19N5O12/c1-9(26)22-15-12(23-24-21)7-13(18(27)32-2)35-17(15)16(14-8-33-19(28)36-14)37-20(29)34-11-5-3-10(4-6-11)25(30)31/h3-7,12,14-17H,8H2,1-2H3,(H,22,26)/t12-,14+,15+,16+,17+/m0/s1. The Kier molecular flexibility index (Phi) is 8.31. The van der Waals surface area contributed by atoms with Crippen LogP contribution in [0.2, 0.25) is 0 Å². The van der Waals surface area contributed by atoms with Gasteiger partial charge >= 0.3 is 18.3 Å². The molecule has 196 valence electrons. The molecule has 17 nitrogen and oxygen atoms in total. The van der Waals surface area contributed by atoms with Crippen LogP contribution in [0.1, 0.15) is 6.92 Å². The van der Waals surface area contributed by atoms with Gasteiger partial charge in [0.2, 0.25) is 11.7 Å². The van der Waals surface area contributed by atoms with Crippen molar-refractivity contribution < 1.29 is 52.5 Å². The van der Waals surface area contributed by atoms with Crippen LogP contribution in [-0.4, -0.2) is 73.2 Å². The van der Waals surface area contributed by atoms with E-state index in [9.17, 15) is 29.3 Å². The van der Waals surface area contributed by atoms with Crippen LogP contribution in [0, 0.1) is 10.1 Å². The van der Waals surface area contributed by atoms with Gasteiger partial charge < -0.3 is 33.7 Å². The number of carbonyl (C=O) groups is 4. The predicted octanol–water partition coefficient (Wildman–Crippen LogP) is 1.65. The number of nitro benzene ring substituents is 1. The van der Waals surface area contributed by atoms with Gasteiger partial charge in [-0.3, -0.25) is 14.9 Å². The Morgan fingerprint density at radius 1 is 1.27 bits per heavy atom. The molecule has 2 aliphatic rings. The largest absolute Gasteiger partial charge is 0.514 e. The zero-order valence-electron chi connectivity index (χ0n) is 19.2. The van der Waals surface area contributed by atoms with Gasteiger partial charge in [-0.25, -0.2) is 14.4 Å². The number of nitro groups is 1. The smallest absolute Gasteiger partial charge is 0.477 e. The first-order chi connectivity index (χ1) is 17.6. The van der Waals surface area contributed by atoms with E-state index in [2.05, 4.69) is 20.1 Å². The van der Waals surface area contributed by atoms with Crippen LogP contribution < -0.4 is 10.1 Å². The number of methoxy groups -OCH3 is 1. The fourth-order valence-electron chi connectivity index (χ4n) is 3.49. The lowest BCUT2D eigenvalue weighted by atomic mass is 9.92. The molecule has 0 aromatic heterocycles. The van der Waals surface area contributed by atoms with Crippen molar-refractivity contribution in [2.24, 2.45) is 5.11 Å². The Morgan fingerprint density at radius 3 is 2.51 bits per heavy atom. The summed E-state index contributed by atoms with van der Waals surface area (Å²) in [6.45, 7) is 0.742. The number of rotatable bonds is 8. The first-order valence-corrected chi connectivity index (χ1v) is 10.4. The molecule has 0 bridgehead atoms. The maximum atomic E-state index is 12.6. The second-order valence-electron chi connectivity index (χ2n) is 7.43. The highest BCUT2D eigenvalue weighted by atomic mass is 16.8. The Bertz CT molecular complexity index is 1160. The number of non-ortho nitro benzene ring substituents is 1. The first kappa shape index (κ1) is 26.6. The summed E-state index contributed by atoms with van der Waals surface area (Å²) in [5, 5.41) is 16.9. The average Bonchev–Trinajstić information content (AvgIpc) is 3.29. The highest BCUT2D eigenvalue weighted by molar-refractivity contribution is 5.86. The highest BCUT2D eigenvalue weighted by Gasteiger charge is 2.50. The molecule has 1 aromatic carbocycles. The van der Waals surface area contributed by atoms with Gasteiger partial charge in [-0.1, -0.05) is 5.11 Å². The van der Waals surface area contributed by atoms with E-state index in [4.69, 9.17) is 29.2 Å². The zero-order chi connectivity index (χ0) is 27.1. The molecule has 5 atom stereocenters. The van der Waals surface area contributed by atoms with Crippen molar-refractivity contribution in [2.75, 3.05) is 13.7 Å². The molecule has 2 heterocycles. The van der Waals surface area contributed by atoms with E-state index in [1.807, 2.05) is 0 Å². The molecule has 0 radical (unpaired) electrons. The number of nitrogens with zero attached hydrogens (tertiary/aromatic N) is 4. The van der Waals surface area contributed by atoms with Crippen molar-refractivity contribution >= 4 is 29.9 Å². The number of ether oxygens (including phenoxy) is 6. The van der Waals surface area contributed by atoms with E-state index < -0.39 is 71.9 Å². The van der Waals surface area contributed by atoms with Gasteiger partial charge in [-0.2, -0.15) is 0 Å². The SMILES string of the molecule is COC(=O)C1=C[C@H](N=[N+]=[N-])[C@@H](NC(C)=O)[C@H]([C@H](OC(=O)Oc2ccc([N+](=O)[O-])cc2)[C@H]2COC(=O)O2)O1. The quantitative estimate of drug-likeness (QED) is 0.0752. The van der Waals surface area contributed by atoms with Gasteiger partial charge in [0.15, 0.2) is 18.3 Å². The van der Waals surface area contributed by atoms with Crippen LogP contribution in [0.5, 0.6) is 5.75 Å². The van der Waals surface area contributed by atoms with E-state index in [1.54, 1.807) is 0 Å². The van der Waals surface area contributed by atoms with Crippen molar-refractivity contribution in [3.63, 3.8) is 0 Å². The molecule has 0 unspecified atom stereocenters. The summed E-state index contributed by atoms with van der Waals surface area (Å²) in [7, 11) is 1.06. The molecule has 1 amide bonds. The summed E-state index contributed by atoms with van der Waals surface area (Å²) < 4.78 is 30.5. The van der Waals surface area contributed by atoms with Crippen molar-refractivity contribution in [1.82, 2.24) is 5.32 Å². The van der Waals surface area contributed by atoms with E-state index in [1.165, 1.54) is 0 Å². The van der Waals surface area contributed by atoms with Gasteiger partial charge in [0, 0.05) is 24.0 Å². The fourth-order valence-corrected chi connectivity index (χ4v) is 3.49. The number of cyclic esters (lactones) is 2. The van der Waals surface area contributed by atoms with E-state index in [-0.39, 0.29) is 11.4 Å². The summed E-state index contributed by atoms with van der Waals surface area (Å²) in [6.07, 6.45) is -5.72. The topological polar surface area (TPSA) is 228 Å². The second kappa shape index (κ2) is 11.6. The first-order valence-electron chi connectivity index (χ1n) is 10.4. The van der Waals surface area contributed by atoms with Gasteiger partial charge in [0.25, 0.3) is 5.69 Å².